The van der Waals surface area contributed by atoms with Crippen LogP contribution in [0.5, 0.6) is 0 Å². The summed E-state index contributed by atoms with van der Waals surface area (Å²) in [5.74, 6) is 0.343. The Kier molecular flexibility index (Phi) is 5.58. The van der Waals surface area contributed by atoms with Crippen molar-refractivity contribution in [2.45, 2.75) is 25.4 Å². The third-order valence-electron chi connectivity index (χ3n) is 6.52. The number of anilines is 2. The molecule has 3 aromatic carbocycles. The van der Waals surface area contributed by atoms with Gasteiger partial charge in [0, 0.05) is 41.9 Å². The molecule has 0 aliphatic carbocycles. The van der Waals surface area contributed by atoms with Gasteiger partial charge in [-0.1, -0.05) is 59.7 Å². The molecule has 1 atom stereocenters. The minimum Gasteiger partial charge on any atom is -0.403 e. The van der Waals surface area contributed by atoms with Gasteiger partial charge < -0.3 is 14.6 Å². The van der Waals surface area contributed by atoms with Crippen LogP contribution in [0.3, 0.4) is 0 Å². The minimum atomic E-state index is -0.830. The van der Waals surface area contributed by atoms with Gasteiger partial charge in [-0.2, -0.15) is 0 Å². The third-order valence-corrected chi connectivity index (χ3v) is 6.52. The lowest BCUT2D eigenvalue weighted by atomic mass is 9.96. The second-order valence-electron chi connectivity index (χ2n) is 8.84. The largest absolute Gasteiger partial charge is 0.403 e. The van der Waals surface area contributed by atoms with Crippen molar-refractivity contribution in [2.75, 3.05) is 23.3 Å². The molecule has 2 aliphatic heterocycles. The lowest BCUT2D eigenvalue weighted by Crippen LogP contribution is -2.29. The zero-order valence-electron chi connectivity index (χ0n) is 19.2. The highest BCUT2D eigenvalue weighted by molar-refractivity contribution is 6.16. The van der Waals surface area contributed by atoms with Crippen LogP contribution in [0.1, 0.15) is 29.5 Å². The molecule has 4 aromatic rings. The van der Waals surface area contributed by atoms with Gasteiger partial charge >= 0.3 is 6.01 Å². The maximum Gasteiger partial charge on any atom is 0.317 e. The summed E-state index contributed by atoms with van der Waals surface area (Å²) in [5.41, 5.74) is 5.67. The number of Topliss-reactive ketones (excluding diaryl/α,β-unsaturated/α-hetero) is 1. The van der Waals surface area contributed by atoms with Crippen LogP contribution < -0.4 is 10.2 Å². The molecule has 0 bridgehead atoms. The molecular weight excluding hydrogens is 438 g/mol. The molecule has 2 aliphatic rings. The average Bonchev–Trinajstić information content (AvgIpc) is 3.58. The zero-order chi connectivity index (χ0) is 23.6. The summed E-state index contributed by atoms with van der Waals surface area (Å²) in [6, 6.07) is 26.1. The predicted molar refractivity (Wildman–Crippen MR) is 136 cm³/mol. The van der Waals surface area contributed by atoms with E-state index in [-0.39, 0.29) is 18.2 Å². The molecule has 0 amide bonds. The summed E-state index contributed by atoms with van der Waals surface area (Å²) in [7, 11) is 0. The lowest BCUT2D eigenvalue weighted by Gasteiger charge is -2.17. The van der Waals surface area contributed by atoms with Crippen LogP contribution in [0.15, 0.2) is 88.3 Å². The van der Waals surface area contributed by atoms with Crippen molar-refractivity contribution >= 4 is 23.2 Å². The van der Waals surface area contributed by atoms with E-state index in [0.29, 0.717) is 5.89 Å². The smallest absolute Gasteiger partial charge is 0.317 e. The van der Waals surface area contributed by atoms with Crippen molar-refractivity contribution in [3.8, 4) is 11.5 Å². The Bertz CT molecular complexity index is 1370. The molecule has 6 rings (SSSR count). The van der Waals surface area contributed by atoms with Crippen LogP contribution in [-0.4, -0.2) is 40.9 Å². The average molecular weight is 464 g/mol. The fraction of sp³-hybridized carbons (Fsp3) is 0.214. The van der Waals surface area contributed by atoms with E-state index >= 15 is 0 Å². The van der Waals surface area contributed by atoms with Crippen LogP contribution >= 0.6 is 0 Å². The third kappa shape index (κ3) is 4.33. The van der Waals surface area contributed by atoms with E-state index in [2.05, 4.69) is 32.5 Å². The molecule has 0 radical (unpaired) electrons. The topological polar surface area (TPSA) is 83.6 Å². The van der Waals surface area contributed by atoms with E-state index in [0.717, 1.165) is 41.1 Å². The Balaban J connectivity index is 1.27. The van der Waals surface area contributed by atoms with Gasteiger partial charge in [0.25, 0.3) is 0 Å². The maximum atomic E-state index is 13.1. The Hall–Kier alpha value is -4.26. The molecule has 7 heteroatoms. The molecule has 1 unspecified atom stereocenters. The fourth-order valence-electron chi connectivity index (χ4n) is 4.70. The molecule has 0 spiro atoms. The Morgan fingerprint density at radius 1 is 0.829 bits per heavy atom. The van der Waals surface area contributed by atoms with Crippen LogP contribution in [0.4, 0.5) is 11.7 Å². The fourth-order valence-corrected chi connectivity index (χ4v) is 4.70. The summed E-state index contributed by atoms with van der Waals surface area (Å²) in [6.07, 6.45) is 1.91. The van der Waals surface area contributed by atoms with E-state index in [4.69, 9.17) is 9.41 Å². The summed E-state index contributed by atoms with van der Waals surface area (Å²) >= 11 is 0. The first-order valence-corrected chi connectivity index (χ1v) is 11.9. The van der Waals surface area contributed by atoms with Crippen molar-refractivity contribution in [2.24, 2.45) is 4.99 Å². The van der Waals surface area contributed by atoms with Gasteiger partial charge in [0.1, 0.15) is 0 Å². The van der Waals surface area contributed by atoms with E-state index in [1.807, 2.05) is 66.7 Å². The number of aromatic nitrogens is 2. The van der Waals surface area contributed by atoms with Gasteiger partial charge in [-0.25, -0.2) is 0 Å². The first-order chi connectivity index (χ1) is 17.2. The van der Waals surface area contributed by atoms with Gasteiger partial charge in [-0.15, -0.1) is 5.10 Å². The second-order valence-corrected chi connectivity index (χ2v) is 8.84. The minimum absolute atomic E-state index is 0.0573. The standard InChI is InChI=1S/C28H25N5O2/c34-24-18-21-10-4-5-11-23(21)25(19-8-2-1-3-9-19)29-26(24)30-28-32-31-27(35-28)20-12-14-22(15-13-20)33-16-6-7-17-33/h1-5,8-15,26H,6-7,16-18H2,(H,30,32). The number of rotatable bonds is 5. The van der Waals surface area contributed by atoms with Crippen LogP contribution in [0.2, 0.25) is 0 Å². The van der Waals surface area contributed by atoms with Crippen LogP contribution in [0, 0.1) is 0 Å². The van der Waals surface area contributed by atoms with E-state index < -0.39 is 6.17 Å². The van der Waals surface area contributed by atoms with Crippen molar-refractivity contribution < 1.29 is 9.21 Å². The molecule has 174 valence electrons. The first-order valence-electron chi connectivity index (χ1n) is 11.9. The first kappa shape index (κ1) is 21.3. The SMILES string of the molecule is O=C1Cc2ccccc2C(c2ccccc2)=NC1Nc1nnc(-c2ccc(N3CCCC3)cc2)o1. The number of fused-ring (bicyclic) bond motifs is 1. The molecule has 7 nitrogen and oxygen atoms in total. The number of hydrogen-bond donors (Lipinski definition) is 1. The number of benzene rings is 3. The lowest BCUT2D eigenvalue weighted by molar-refractivity contribution is -0.119. The zero-order valence-corrected chi connectivity index (χ0v) is 19.2. The molecule has 1 aromatic heterocycles. The number of carbonyl (C=O) groups is 1. The molecule has 1 N–H and O–H groups in total. The van der Waals surface area contributed by atoms with Gasteiger partial charge in [-0.05, 0) is 42.7 Å². The van der Waals surface area contributed by atoms with Crippen LogP contribution in [0.25, 0.3) is 11.5 Å². The summed E-state index contributed by atoms with van der Waals surface area (Å²) in [6.45, 7) is 2.19. The Morgan fingerprint density at radius 3 is 2.37 bits per heavy atom. The van der Waals surface area contributed by atoms with E-state index in [9.17, 15) is 4.79 Å². The molecule has 1 fully saturated rings. The molecule has 0 saturated carbocycles. The molecular formula is C28H25N5O2. The monoisotopic (exact) mass is 463 g/mol. The highest BCUT2D eigenvalue weighted by atomic mass is 16.4. The molecule has 1 saturated heterocycles. The van der Waals surface area contributed by atoms with Crippen molar-refractivity contribution in [3.05, 3.63) is 95.6 Å². The van der Waals surface area contributed by atoms with Crippen LogP contribution in [-0.2, 0) is 11.2 Å². The Labute approximate surface area is 203 Å². The highest BCUT2D eigenvalue weighted by Crippen LogP contribution is 2.27. The number of ketones is 1. The molecule has 35 heavy (non-hydrogen) atoms. The normalized spacial score (nSPS) is 17.6. The van der Waals surface area contributed by atoms with Crippen molar-refractivity contribution in [1.82, 2.24) is 10.2 Å². The second kappa shape index (κ2) is 9.18. The number of hydrogen-bond acceptors (Lipinski definition) is 7. The number of nitrogens with zero attached hydrogens (tertiary/aromatic N) is 4. The number of aliphatic imine (C=N–C) groups is 1. The van der Waals surface area contributed by atoms with Gasteiger partial charge in [0.15, 0.2) is 11.9 Å². The van der Waals surface area contributed by atoms with Crippen molar-refractivity contribution in [1.29, 1.82) is 0 Å². The summed E-state index contributed by atoms with van der Waals surface area (Å²) in [5, 5.41) is 11.4. The van der Waals surface area contributed by atoms with E-state index in [1.165, 1.54) is 18.5 Å². The summed E-state index contributed by atoms with van der Waals surface area (Å²) < 4.78 is 5.88. The van der Waals surface area contributed by atoms with Gasteiger partial charge in [0.2, 0.25) is 5.89 Å². The predicted octanol–water partition coefficient (Wildman–Crippen LogP) is 4.74. The molecule has 3 heterocycles. The van der Waals surface area contributed by atoms with Crippen molar-refractivity contribution in [3.63, 3.8) is 0 Å². The van der Waals surface area contributed by atoms with Gasteiger partial charge in [0.05, 0.1) is 5.71 Å². The number of nitrogens with one attached hydrogen (secondary N) is 1. The highest BCUT2D eigenvalue weighted by Gasteiger charge is 2.27. The number of carbonyl (C=O) groups excluding carboxylic acids is 1. The Morgan fingerprint density at radius 2 is 1.57 bits per heavy atom. The maximum absolute atomic E-state index is 13.1. The summed E-state index contributed by atoms with van der Waals surface area (Å²) in [4.78, 5) is 20.3. The van der Waals surface area contributed by atoms with Gasteiger partial charge in [-0.3, -0.25) is 9.79 Å². The quantitative estimate of drug-likeness (QED) is 0.460. The van der Waals surface area contributed by atoms with E-state index in [1.54, 1.807) is 0 Å².